The van der Waals surface area contributed by atoms with E-state index in [-0.39, 0.29) is 6.61 Å². The lowest BCUT2D eigenvalue weighted by Gasteiger charge is -2.27. The summed E-state index contributed by atoms with van der Waals surface area (Å²) in [5.74, 6) is -1.45. The van der Waals surface area contributed by atoms with Crippen molar-refractivity contribution in [2.75, 3.05) is 26.9 Å². The maximum Gasteiger partial charge on any atom is 0.421 e. The van der Waals surface area contributed by atoms with Gasteiger partial charge in [0.05, 0.1) is 6.61 Å². The van der Waals surface area contributed by atoms with Gasteiger partial charge < -0.3 is 18.9 Å². The molecule has 13 heavy (non-hydrogen) atoms. The molecule has 1 atom stereocenters. The molecule has 0 aliphatic carbocycles. The van der Waals surface area contributed by atoms with E-state index in [1.165, 1.54) is 13.6 Å². The molecule has 0 aliphatic heterocycles. The monoisotopic (exact) mass is 191 g/mol. The molecular formula is C8H15O5. The molecule has 1 unspecified atom stereocenters. The van der Waals surface area contributed by atoms with Gasteiger partial charge in [-0.25, -0.2) is 4.79 Å². The maximum atomic E-state index is 10.1. The van der Waals surface area contributed by atoms with Crippen LogP contribution < -0.4 is 0 Å². The third-order valence-electron chi connectivity index (χ3n) is 1.36. The van der Waals surface area contributed by atoms with Gasteiger partial charge >= 0.3 is 12.4 Å². The average molecular weight is 191 g/mol. The van der Waals surface area contributed by atoms with Crippen LogP contribution in [0.1, 0.15) is 13.8 Å². The van der Waals surface area contributed by atoms with E-state index in [0.29, 0.717) is 13.2 Å². The molecular weight excluding hydrogens is 176 g/mol. The van der Waals surface area contributed by atoms with Crippen LogP contribution >= 0.6 is 0 Å². The highest BCUT2D eigenvalue weighted by molar-refractivity contribution is 5.38. The third kappa shape index (κ3) is 4.21. The summed E-state index contributed by atoms with van der Waals surface area (Å²) >= 11 is 0. The van der Waals surface area contributed by atoms with Gasteiger partial charge in [0.15, 0.2) is 0 Å². The van der Waals surface area contributed by atoms with Crippen molar-refractivity contribution < 1.29 is 23.7 Å². The fraction of sp³-hybridized carbons (Fsp3) is 0.875. The molecule has 0 aliphatic rings. The summed E-state index contributed by atoms with van der Waals surface area (Å²) in [7, 11) is 1.37. The summed E-state index contributed by atoms with van der Waals surface area (Å²) in [5.41, 5.74) is 0. The zero-order valence-electron chi connectivity index (χ0n) is 8.16. The van der Waals surface area contributed by atoms with Crippen molar-refractivity contribution >= 4 is 6.47 Å². The predicted molar refractivity (Wildman–Crippen MR) is 44.6 cm³/mol. The van der Waals surface area contributed by atoms with Crippen molar-refractivity contribution in [1.82, 2.24) is 0 Å². The molecule has 0 spiro atoms. The van der Waals surface area contributed by atoms with Gasteiger partial charge in [-0.2, -0.15) is 0 Å². The minimum atomic E-state index is -1.45. The zero-order chi connectivity index (χ0) is 10.2. The van der Waals surface area contributed by atoms with Crippen molar-refractivity contribution in [3.05, 3.63) is 0 Å². The first-order valence-electron chi connectivity index (χ1n) is 4.06. The lowest BCUT2D eigenvalue weighted by Crippen LogP contribution is -2.42. The van der Waals surface area contributed by atoms with Crippen LogP contribution in [0.15, 0.2) is 0 Å². The second kappa shape index (κ2) is 6.82. The summed E-state index contributed by atoms with van der Waals surface area (Å²) < 4.78 is 19.6. The fourth-order valence-corrected chi connectivity index (χ4v) is 0.771. The lowest BCUT2D eigenvalue weighted by atomic mass is 10.5. The van der Waals surface area contributed by atoms with Crippen LogP contribution in [-0.4, -0.2) is 39.4 Å². The second-order valence-electron chi connectivity index (χ2n) is 2.14. The molecule has 0 saturated carbocycles. The SMILES string of the molecule is CCOCC(OC)(O[C]=O)OCC. The Labute approximate surface area is 77.9 Å². The van der Waals surface area contributed by atoms with Crippen LogP contribution in [0, 0.1) is 0 Å². The Morgan fingerprint density at radius 1 is 1.31 bits per heavy atom. The van der Waals surface area contributed by atoms with Gasteiger partial charge in [-0.05, 0) is 13.8 Å². The Morgan fingerprint density at radius 3 is 2.38 bits per heavy atom. The van der Waals surface area contributed by atoms with E-state index < -0.39 is 5.97 Å². The van der Waals surface area contributed by atoms with E-state index in [4.69, 9.17) is 14.2 Å². The quantitative estimate of drug-likeness (QED) is 0.521. The van der Waals surface area contributed by atoms with E-state index in [0.717, 1.165) is 0 Å². The average Bonchev–Trinajstić information content (AvgIpc) is 2.15. The highest BCUT2D eigenvalue weighted by Gasteiger charge is 2.33. The molecule has 0 aromatic carbocycles. The molecule has 0 heterocycles. The van der Waals surface area contributed by atoms with Crippen molar-refractivity contribution in [2.45, 2.75) is 19.8 Å². The number of hydrogen-bond donors (Lipinski definition) is 0. The Bertz CT molecular complexity index is 138. The van der Waals surface area contributed by atoms with Gasteiger partial charge in [-0.3, -0.25) is 0 Å². The fourth-order valence-electron chi connectivity index (χ4n) is 0.771. The van der Waals surface area contributed by atoms with Crippen LogP contribution in [0.3, 0.4) is 0 Å². The van der Waals surface area contributed by atoms with Crippen molar-refractivity contribution in [1.29, 1.82) is 0 Å². The molecule has 0 rings (SSSR count). The highest BCUT2D eigenvalue weighted by Crippen LogP contribution is 2.13. The smallest absolute Gasteiger partial charge is 0.397 e. The summed E-state index contributed by atoms with van der Waals surface area (Å²) in [4.78, 5) is 10.1. The Morgan fingerprint density at radius 2 is 2.00 bits per heavy atom. The Kier molecular flexibility index (Phi) is 6.48. The predicted octanol–water partition coefficient (Wildman–Crippen LogP) is 0.443. The van der Waals surface area contributed by atoms with Gasteiger partial charge in [-0.1, -0.05) is 0 Å². The molecule has 0 saturated heterocycles. The van der Waals surface area contributed by atoms with Crippen LogP contribution in [-0.2, 0) is 23.7 Å². The zero-order valence-corrected chi connectivity index (χ0v) is 8.16. The van der Waals surface area contributed by atoms with Gasteiger partial charge in [-0.15, -0.1) is 0 Å². The Balaban J connectivity index is 4.15. The summed E-state index contributed by atoms with van der Waals surface area (Å²) in [6.07, 6.45) is 0. The molecule has 0 bridgehead atoms. The molecule has 0 amide bonds. The van der Waals surface area contributed by atoms with E-state index in [1.807, 2.05) is 6.92 Å². The van der Waals surface area contributed by atoms with Crippen LogP contribution in [0.4, 0.5) is 0 Å². The molecule has 5 nitrogen and oxygen atoms in total. The molecule has 0 N–H and O–H groups in total. The highest BCUT2D eigenvalue weighted by atomic mass is 16.9. The van der Waals surface area contributed by atoms with E-state index >= 15 is 0 Å². The molecule has 0 aromatic heterocycles. The lowest BCUT2D eigenvalue weighted by molar-refractivity contribution is -0.355. The third-order valence-corrected chi connectivity index (χ3v) is 1.36. The standard InChI is InChI=1S/C8H15O5/c1-4-11-6-8(10-3,12-5-2)13-7-9/h4-6H2,1-3H3. The molecule has 0 aromatic rings. The van der Waals surface area contributed by atoms with Crippen molar-refractivity contribution in [2.24, 2.45) is 0 Å². The number of hydrogen-bond acceptors (Lipinski definition) is 5. The van der Waals surface area contributed by atoms with Gasteiger partial charge in [0.1, 0.15) is 6.61 Å². The van der Waals surface area contributed by atoms with Gasteiger partial charge in [0.25, 0.3) is 0 Å². The van der Waals surface area contributed by atoms with E-state index in [9.17, 15) is 4.79 Å². The minimum absolute atomic E-state index is 0.0308. The largest absolute Gasteiger partial charge is 0.421 e. The first-order valence-corrected chi connectivity index (χ1v) is 4.06. The van der Waals surface area contributed by atoms with E-state index in [1.54, 1.807) is 6.92 Å². The normalized spacial score (nSPS) is 15.0. The first-order chi connectivity index (χ1) is 6.24. The van der Waals surface area contributed by atoms with Crippen LogP contribution in [0.25, 0.3) is 0 Å². The van der Waals surface area contributed by atoms with Crippen LogP contribution in [0.2, 0.25) is 0 Å². The number of carbonyl (C=O) groups excluding carboxylic acids is 1. The number of methoxy groups -OCH3 is 1. The minimum Gasteiger partial charge on any atom is -0.397 e. The van der Waals surface area contributed by atoms with Gasteiger partial charge in [0, 0.05) is 13.7 Å². The topological polar surface area (TPSA) is 54.0 Å². The second-order valence-corrected chi connectivity index (χ2v) is 2.14. The maximum absolute atomic E-state index is 10.1. The summed E-state index contributed by atoms with van der Waals surface area (Å²) in [5, 5.41) is 0. The molecule has 5 heteroatoms. The number of rotatable bonds is 8. The van der Waals surface area contributed by atoms with Crippen molar-refractivity contribution in [3.63, 3.8) is 0 Å². The number of ether oxygens (including phenoxy) is 4. The molecule has 1 radical (unpaired) electrons. The molecule has 77 valence electrons. The molecule has 0 fully saturated rings. The Hall–Kier alpha value is -0.650. The summed E-state index contributed by atoms with van der Waals surface area (Å²) in [6.45, 7) is 5.71. The van der Waals surface area contributed by atoms with Crippen molar-refractivity contribution in [3.8, 4) is 0 Å². The van der Waals surface area contributed by atoms with Gasteiger partial charge in [0.2, 0.25) is 0 Å². The summed E-state index contributed by atoms with van der Waals surface area (Å²) in [6, 6.07) is 0. The first kappa shape index (κ1) is 12.3. The van der Waals surface area contributed by atoms with E-state index in [2.05, 4.69) is 4.74 Å². The van der Waals surface area contributed by atoms with Crippen LogP contribution in [0.5, 0.6) is 0 Å².